The van der Waals surface area contributed by atoms with Crippen LogP contribution in [0.15, 0.2) is 88.8 Å². The van der Waals surface area contributed by atoms with Crippen molar-refractivity contribution in [2.75, 3.05) is 5.32 Å². The number of nitrogens with one attached hydrogen (secondary N) is 2. The topological polar surface area (TPSA) is 88.0 Å². The molecule has 166 valence electrons. The zero-order valence-corrected chi connectivity index (χ0v) is 19.1. The Balaban J connectivity index is 1.51. The second kappa shape index (κ2) is 9.75. The summed E-state index contributed by atoms with van der Waals surface area (Å²) in [6, 6.07) is 20.5. The highest BCUT2D eigenvalue weighted by atomic mass is 32.2. The normalized spacial score (nSPS) is 11.4. The van der Waals surface area contributed by atoms with Gasteiger partial charge in [-0.25, -0.2) is 0 Å². The Bertz CT molecular complexity index is 1360. The Morgan fingerprint density at radius 3 is 2.67 bits per heavy atom. The number of rotatable bonds is 7. The number of anilines is 1. The number of carbonyl (C=O) groups is 1. The zero-order chi connectivity index (χ0) is 23.4. The van der Waals surface area contributed by atoms with Gasteiger partial charge in [0.25, 0.3) is 5.69 Å². The Morgan fingerprint density at radius 1 is 1.06 bits per heavy atom. The molecule has 0 atom stereocenters. The van der Waals surface area contributed by atoms with Crippen LogP contribution < -0.4 is 5.32 Å². The lowest BCUT2D eigenvalue weighted by Gasteiger charge is -2.12. The number of aromatic nitrogens is 1. The smallest absolute Gasteiger partial charge is 0.283 e. The number of nitro groups is 1. The van der Waals surface area contributed by atoms with Crippen LogP contribution in [0.4, 0.5) is 11.4 Å². The van der Waals surface area contributed by atoms with Gasteiger partial charge in [0.2, 0.25) is 5.91 Å². The summed E-state index contributed by atoms with van der Waals surface area (Å²) in [5.41, 5.74) is 3.41. The molecule has 4 aromatic rings. The van der Waals surface area contributed by atoms with Gasteiger partial charge in [0.05, 0.1) is 9.82 Å². The Hall–Kier alpha value is -3.84. The van der Waals surface area contributed by atoms with Crippen LogP contribution >= 0.6 is 11.8 Å². The fraction of sp³-hybridized carbons (Fsp3) is 0.115. The van der Waals surface area contributed by atoms with Gasteiger partial charge in [-0.3, -0.25) is 14.9 Å². The van der Waals surface area contributed by atoms with E-state index in [4.69, 9.17) is 0 Å². The number of benzene rings is 3. The lowest BCUT2D eigenvalue weighted by atomic mass is 10.0. The van der Waals surface area contributed by atoms with Gasteiger partial charge in [0.15, 0.2) is 0 Å². The summed E-state index contributed by atoms with van der Waals surface area (Å²) in [6.07, 6.45) is 4.79. The van der Waals surface area contributed by atoms with E-state index in [-0.39, 0.29) is 16.5 Å². The molecule has 0 aliphatic heterocycles. The van der Waals surface area contributed by atoms with Crippen molar-refractivity contribution in [3.8, 4) is 0 Å². The first-order valence-electron chi connectivity index (χ1n) is 10.5. The molecule has 2 N–H and O–H groups in total. The summed E-state index contributed by atoms with van der Waals surface area (Å²) in [6.45, 7) is 4.20. The quantitative estimate of drug-likeness (QED) is 0.178. The predicted octanol–water partition coefficient (Wildman–Crippen LogP) is 7.00. The van der Waals surface area contributed by atoms with Crippen molar-refractivity contribution in [3.63, 3.8) is 0 Å². The highest BCUT2D eigenvalue weighted by Gasteiger charge is 2.17. The largest absolute Gasteiger partial charge is 0.361 e. The summed E-state index contributed by atoms with van der Waals surface area (Å²) < 4.78 is 0. The number of hydrogen-bond donors (Lipinski definition) is 2. The molecule has 33 heavy (non-hydrogen) atoms. The van der Waals surface area contributed by atoms with Crippen LogP contribution in [0.1, 0.15) is 30.9 Å². The molecule has 0 aliphatic rings. The first-order chi connectivity index (χ1) is 15.9. The maximum Gasteiger partial charge on any atom is 0.283 e. The van der Waals surface area contributed by atoms with Crippen LogP contribution in [-0.4, -0.2) is 15.8 Å². The van der Waals surface area contributed by atoms with Crippen molar-refractivity contribution in [1.29, 1.82) is 0 Å². The molecule has 7 heteroatoms. The Morgan fingerprint density at radius 2 is 1.88 bits per heavy atom. The van der Waals surface area contributed by atoms with Crippen molar-refractivity contribution < 1.29 is 9.72 Å². The first kappa shape index (κ1) is 22.4. The summed E-state index contributed by atoms with van der Waals surface area (Å²) >= 11 is 1.39. The number of nitro benzene ring substituents is 1. The van der Waals surface area contributed by atoms with Gasteiger partial charge >= 0.3 is 0 Å². The van der Waals surface area contributed by atoms with Gasteiger partial charge < -0.3 is 10.3 Å². The molecular formula is C26H23N3O3S. The first-order valence-corrected chi connectivity index (χ1v) is 11.3. The molecule has 1 heterocycles. The van der Waals surface area contributed by atoms with Crippen molar-refractivity contribution >= 4 is 46.0 Å². The van der Waals surface area contributed by atoms with E-state index in [9.17, 15) is 14.9 Å². The predicted molar refractivity (Wildman–Crippen MR) is 134 cm³/mol. The molecule has 0 fully saturated rings. The third kappa shape index (κ3) is 5.32. The Kier molecular flexibility index (Phi) is 6.60. The van der Waals surface area contributed by atoms with Gasteiger partial charge in [-0.15, -0.1) is 0 Å². The molecule has 0 radical (unpaired) electrons. The Labute approximate surface area is 195 Å². The molecule has 0 saturated heterocycles. The van der Waals surface area contributed by atoms with Crippen molar-refractivity contribution in [2.24, 2.45) is 0 Å². The number of carbonyl (C=O) groups excluding carboxylic acids is 1. The summed E-state index contributed by atoms with van der Waals surface area (Å²) in [5.74, 6) is 0.00304. The highest BCUT2D eigenvalue weighted by Crippen LogP contribution is 2.39. The van der Waals surface area contributed by atoms with Crippen LogP contribution in [0.5, 0.6) is 0 Å². The van der Waals surface area contributed by atoms with Crippen molar-refractivity contribution in [3.05, 3.63) is 100 Å². The molecular weight excluding hydrogens is 434 g/mol. The van der Waals surface area contributed by atoms with Crippen molar-refractivity contribution in [2.45, 2.75) is 29.6 Å². The van der Waals surface area contributed by atoms with Crippen LogP contribution in [-0.2, 0) is 4.79 Å². The van der Waals surface area contributed by atoms with E-state index in [2.05, 4.69) is 24.1 Å². The van der Waals surface area contributed by atoms with E-state index in [0.717, 1.165) is 21.4 Å². The SMILES string of the molecule is CC(C)c1ccccc1Sc1ccc(C=CC(=O)Nc2ccc3[nH]ccc3c2)cc1[N+](=O)[O-]. The van der Waals surface area contributed by atoms with Crippen LogP contribution in [0.2, 0.25) is 0 Å². The molecule has 0 unspecified atom stereocenters. The van der Waals surface area contributed by atoms with E-state index in [1.807, 2.05) is 54.7 Å². The molecule has 0 bridgehead atoms. The maximum atomic E-state index is 12.3. The molecule has 4 rings (SSSR count). The summed E-state index contributed by atoms with van der Waals surface area (Å²) in [4.78, 5) is 28.4. The van der Waals surface area contributed by atoms with E-state index in [0.29, 0.717) is 22.1 Å². The van der Waals surface area contributed by atoms with E-state index < -0.39 is 0 Å². The van der Waals surface area contributed by atoms with Crippen LogP contribution in [0.3, 0.4) is 0 Å². The fourth-order valence-corrected chi connectivity index (χ4v) is 4.70. The molecule has 6 nitrogen and oxygen atoms in total. The average Bonchev–Trinajstić information content (AvgIpc) is 3.26. The average molecular weight is 458 g/mol. The minimum absolute atomic E-state index is 0.0130. The number of fused-ring (bicyclic) bond motifs is 1. The summed E-state index contributed by atoms with van der Waals surface area (Å²) in [7, 11) is 0. The fourth-order valence-electron chi connectivity index (χ4n) is 3.52. The second-order valence-electron chi connectivity index (χ2n) is 7.88. The molecule has 1 aromatic heterocycles. The van der Waals surface area contributed by atoms with Gasteiger partial charge in [0, 0.05) is 39.8 Å². The lowest BCUT2D eigenvalue weighted by molar-refractivity contribution is -0.387. The van der Waals surface area contributed by atoms with Gasteiger partial charge in [-0.2, -0.15) is 0 Å². The number of nitrogens with zero attached hydrogens (tertiary/aromatic N) is 1. The second-order valence-corrected chi connectivity index (χ2v) is 8.96. The standard InChI is InChI=1S/C26H23N3O3S/c1-17(2)21-5-3-4-6-24(21)33-25-11-7-18(15-23(25)29(31)32)8-12-26(30)28-20-9-10-22-19(16-20)13-14-27-22/h3-17,27H,1-2H3,(H,28,30). The van der Waals surface area contributed by atoms with Crippen LogP contribution in [0, 0.1) is 10.1 Å². The van der Waals surface area contributed by atoms with Crippen LogP contribution in [0.25, 0.3) is 17.0 Å². The van der Waals surface area contributed by atoms with E-state index >= 15 is 0 Å². The highest BCUT2D eigenvalue weighted by molar-refractivity contribution is 7.99. The monoisotopic (exact) mass is 457 g/mol. The van der Waals surface area contributed by atoms with Gasteiger partial charge in [-0.05, 0) is 59.5 Å². The third-order valence-electron chi connectivity index (χ3n) is 5.19. The van der Waals surface area contributed by atoms with E-state index in [1.54, 1.807) is 18.2 Å². The van der Waals surface area contributed by atoms with Gasteiger partial charge in [0.1, 0.15) is 0 Å². The number of hydrogen-bond acceptors (Lipinski definition) is 4. The molecule has 3 aromatic carbocycles. The summed E-state index contributed by atoms with van der Waals surface area (Å²) in [5, 5.41) is 15.5. The number of amides is 1. The minimum Gasteiger partial charge on any atom is -0.361 e. The maximum absolute atomic E-state index is 12.3. The molecule has 0 saturated carbocycles. The molecule has 0 aliphatic carbocycles. The number of H-pyrrole nitrogens is 1. The molecule has 0 spiro atoms. The van der Waals surface area contributed by atoms with Gasteiger partial charge in [-0.1, -0.05) is 49.9 Å². The lowest BCUT2D eigenvalue weighted by Crippen LogP contribution is -2.07. The minimum atomic E-state index is -0.385. The van der Waals surface area contributed by atoms with E-state index in [1.165, 1.54) is 23.9 Å². The number of aromatic amines is 1. The zero-order valence-electron chi connectivity index (χ0n) is 18.2. The third-order valence-corrected chi connectivity index (χ3v) is 6.35. The van der Waals surface area contributed by atoms with Crippen molar-refractivity contribution in [1.82, 2.24) is 4.98 Å². The molecule has 1 amide bonds.